The molecular formula is C13H23N3O. The van der Waals surface area contributed by atoms with Gasteiger partial charge in [-0.1, -0.05) is 6.92 Å². The minimum Gasteiger partial charge on any atom is -0.352 e. The zero-order valence-electron chi connectivity index (χ0n) is 11.2. The molecule has 1 unspecified atom stereocenters. The number of nitrogens with one attached hydrogen (secondary N) is 1. The molecule has 1 aromatic rings. The summed E-state index contributed by atoms with van der Waals surface area (Å²) in [5.41, 5.74) is 8.45. The molecule has 17 heavy (non-hydrogen) atoms. The quantitative estimate of drug-likeness (QED) is 0.814. The molecule has 0 saturated carbocycles. The molecule has 4 heteroatoms. The first-order valence-electron chi connectivity index (χ1n) is 6.16. The molecule has 0 aliphatic carbocycles. The lowest BCUT2D eigenvalue weighted by Crippen LogP contribution is -2.31. The third-order valence-corrected chi connectivity index (χ3v) is 3.15. The van der Waals surface area contributed by atoms with Crippen molar-refractivity contribution >= 4 is 5.91 Å². The van der Waals surface area contributed by atoms with Gasteiger partial charge in [0.15, 0.2) is 0 Å². The number of carbonyl (C=O) groups excluding carboxylic acids is 1. The number of nitrogens with two attached hydrogens (primary N) is 1. The molecule has 0 aliphatic heterocycles. The maximum absolute atomic E-state index is 12.0. The van der Waals surface area contributed by atoms with Crippen LogP contribution in [-0.2, 0) is 6.54 Å². The van der Waals surface area contributed by atoms with Crippen LogP contribution in [0, 0.1) is 19.8 Å². The van der Waals surface area contributed by atoms with Crippen LogP contribution in [0.2, 0.25) is 0 Å². The predicted octanol–water partition coefficient (Wildman–Crippen LogP) is 1.45. The first kappa shape index (κ1) is 13.8. The summed E-state index contributed by atoms with van der Waals surface area (Å²) in [6, 6.07) is 1.95. The van der Waals surface area contributed by atoms with Crippen molar-refractivity contribution in [1.29, 1.82) is 0 Å². The molecule has 1 rings (SSSR count). The monoisotopic (exact) mass is 237 g/mol. The number of aromatic nitrogens is 1. The van der Waals surface area contributed by atoms with Crippen LogP contribution < -0.4 is 11.1 Å². The van der Waals surface area contributed by atoms with Crippen LogP contribution in [0.25, 0.3) is 0 Å². The Bertz CT molecular complexity index is 396. The van der Waals surface area contributed by atoms with Crippen molar-refractivity contribution in [1.82, 2.24) is 9.88 Å². The average Bonchev–Trinajstić information content (AvgIpc) is 2.60. The smallest absolute Gasteiger partial charge is 0.253 e. The molecule has 0 saturated heterocycles. The summed E-state index contributed by atoms with van der Waals surface area (Å²) < 4.78 is 2.14. The zero-order valence-corrected chi connectivity index (χ0v) is 11.2. The van der Waals surface area contributed by atoms with Crippen molar-refractivity contribution < 1.29 is 4.79 Å². The van der Waals surface area contributed by atoms with Crippen LogP contribution in [0.5, 0.6) is 0 Å². The Morgan fingerprint density at radius 3 is 2.65 bits per heavy atom. The Hall–Kier alpha value is -1.29. The van der Waals surface area contributed by atoms with Gasteiger partial charge in [-0.05, 0) is 39.3 Å². The van der Waals surface area contributed by atoms with Gasteiger partial charge < -0.3 is 15.6 Å². The number of carbonyl (C=O) groups is 1. The molecule has 0 radical (unpaired) electrons. The Balaban J connectivity index is 2.76. The fourth-order valence-corrected chi connectivity index (χ4v) is 1.96. The van der Waals surface area contributed by atoms with Crippen LogP contribution in [-0.4, -0.2) is 23.6 Å². The molecule has 4 nitrogen and oxygen atoms in total. The van der Waals surface area contributed by atoms with Gasteiger partial charge in [-0.2, -0.15) is 0 Å². The summed E-state index contributed by atoms with van der Waals surface area (Å²) in [5.74, 6) is 0.312. The predicted molar refractivity (Wildman–Crippen MR) is 70.1 cm³/mol. The summed E-state index contributed by atoms with van der Waals surface area (Å²) >= 11 is 0. The molecule has 3 N–H and O–H groups in total. The molecule has 1 heterocycles. The van der Waals surface area contributed by atoms with Crippen LogP contribution in [0.3, 0.4) is 0 Å². The third kappa shape index (κ3) is 3.09. The van der Waals surface area contributed by atoms with E-state index >= 15 is 0 Å². The highest BCUT2D eigenvalue weighted by Crippen LogP contribution is 2.14. The van der Waals surface area contributed by atoms with Gasteiger partial charge in [-0.15, -0.1) is 0 Å². The lowest BCUT2D eigenvalue weighted by Gasteiger charge is -2.10. The summed E-state index contributed by atoms with van der Waals surface area (Å²) in [4.78, 5) is 12.0. The maximum Gasteiger partial charge on any atom is 0.253 e. The number of hydrogen-bond acceptors (Lipinski definition) is 2. The number of hydrogen-bond donors (Lipinski definition) is 2. The van der Waals surface area contributed by atoms with Crippen molar-refractivity contribution in [2.24, 2.45) is 11.7 Å². The van der Waals surface area contributed by atoms with Crippen LogP contribution >= 0.6 is 0 Å². The first-order valence-corrected chi connectivity index (χ1v) is 6.16. The maximum atomic E-state index is 12.0. The van der Waals surface area contributed by atoms with E-state index in [1.54, 1.807) is 0 Å². The molecule has 0 spiro atoms. The Morgan fingerprint density at radius 2 is 2.18 bits per heavy atom. The van der Waals surface area contributed by atoms with E-state index in [1.807, 2.05) is 26.8 Å². The molecule has 1 amide bonds. The van der Waals surface area contributed by atoms with E-state index in [-0.39, 0.29) is 5.91 Å². The van der Waals surface area contributed by atoms with Gasteiger partial charge >= 0.3 is 0 Å². The highest BCUT2D eigenvalue weighted by Gasteiger charge is 2.14. The fraction of sp³-hybridized carbons (Fsp3) is 0.615. The van der Waals surface area contributed by atoms with Gasteiger partial charge in [-0.25, -0.2) is 0 Å². The first-order chi connectivity index (χ1) is 8.01. The van der Waals surface area contributed by atoms with E-state index in [9.17, 15) is 4.79 Å². The average molecular weight is 237 g/mol. The number of nitrogens with zero attached hydrogens (tertiary/aromatic N) is 1. The summed E-state index contributed by atoms with van der Waals surface area (Å²) in [6.07, 6.45) is 0. The van der Waals surface area contributed by atoms with E-state index in [2.05, 4.69) is 16.8 Å². The van der Waals surface area contributed by atoms with Gasteiger partial charge in [0.05, 0.1) is 5.56 Å². The zero-order chi connectivity index (χ0) is 13.0. The lowest BCUT2D eigenvalue weighted by molar-refractivity contribution is 0.0948. The summed E-state index contributed by atoms with van der Waals surface area (Å²) in [5, 5.41) is 2.92. The molecule has 96 valence electrons. The molecule has 1 aromatic heterocycles. The fourth-order valence-electron chi connectivity index (χ4n) is 1.96. The number of amides is 1. The van der Waals surface area contributed by atoms with E-state index in [4.69, 9.17) is 5.73 Å². The van der Waals surface area contributed by atoms with Crippen LogP contribution in [0.4, 0.5) is 0 Å². The SMILES string of the molecule is CCn1c(C)cc(C(=O)NCC(C)CN)c1C. The molecule has 0 bridgehead atoms. The van der Waals surface area contributed by atoms with Gasteiger partial charge in [0, 0.05) is 24.5 Å². The van der Waals surface area contributed by atoms with Gasteiger partial charge in [0.1, 0.15) is 0 Å². The second-order valence-corrected chi connectivity index (χ2v) is 4.58. The standard InChI is InChI=1S/C13H23N3O/c1-5-16-10(3)6-12(11(16)4)13(17)15-8-9(2)7-14/h6,9H,5,7-8,14H2,1-4H3,(H,15,17). The Kier molecular flexibility index (Phi) is 4.75. The second kappa shape index (κ2) is 5.87. The van der Waals surface area contributed by atoms with Gasteiger partial charge in [0.2, 0.25) is 0 Å². The van der Waals surface area contributed by atoms with Crippen molar-refractivity contribution in [3.8, 4) is 0 Å². The molecule has 1 atom stereocenters. The molecular weight excluding hydrogens is 214 g/mol. The summed E-state index contributed by atoms with van der Waals surface area (Å²) in [7, 11) is 0. The third-order valence-electron chi connectivity index (χ3n) is 3.15. The molecule has 0 aromatic carbocycles. The Labute approximate surface area is 103 Å². The second-order valence-electron chi connectivity index (χ2n) is 4.58. The number of rotatable bonds is 5. The normalized spacial score (nSPS) is 12.5. The van der Waals surface area contributed by atoms with E-state index in [0.717, 1.165) is 23.5 Å². The van der Waals surface area contributed by atoms with Crippen molar-refractivity contribution in [2.45, 2.75) is 34.2 Å². The minimum absolute atomic E-state index is 0.00176. The largest absolute Gasteiger partial charge is 0.352 e. The summed E-state index contributed by atoms with van der Waals surface area (Å²) in [6.45, 7) is 10.2. The topological polar surface area (TPSA) is 60.0 Å². The van der Waals surface area contributed by atoms with E-state index in [0.29, 0.717) is 19.0 Å². The molecule has 0 aliphatic rings. The highest BCUT2D eigenvalue weighted by atomic mass is 16.1. The lowest BCUT2D eigenvalue weighted by atomic mass is 10.1. The van der Waals surface area contributed by atoms with Crippen molar-refractivity contribution in [3.63, 3.8) is 0 Å². The van der Waals surface area contributed by atoms with Crippen molar-refractivity contribution in [3.05, 3.63) is 23.0 Å². The number of aryl methyl sites for hydroxylation is 1. The molecule has 0 fully saturated rings. The van der Waals surface area contributed by atoms with E-state index < -0.39 is 0 Å². The van der Waals surface area contributed by atoms with Crippen molar-refractivity contribution in [2.75, 3.05) is 13.1 Å². The van der Waals surface area contributed by atoms with Gasteiger partial charge in [-0.3, -0.25) is 4.79 Å². The van der Waals surface area contributed by atoms with Crippen LogP contribution in [0.1, 0.15) is 35.6 Å². The highest BCUT2D eigenvalue weighted by molar-refractivity contribution is 5.95. The Morgan fingerprint density at radius 1 is 1.53 bits per heavy atom. The van der Waals surface area contributed by atoms with Crippen LogP contribution in [0.15, 0.2) is 6.07 Å². The van der Waals surface area contributed by atoms with E-state index in [1.165, 1.54) is 0 Å². The van der Waals surface area contributed by atoms with Gasteiger partial charge in [0.25, 0.3) is 5.91 Å². The minimum atomic E-state index is -0.00176.